The van der Waals surface area contributed by atoms with E-state index < -0.39 is 17.5 Å². The SMILES string of the molecule is O=C(c1cc(F)c(F)cc1Cl)N1CCN(c2ccc(O)cc2)CC1. The maximum atomic E-state index is 13.4. The number of nitrogens with zero attached hydrogens (tertiary/aromatic N) is 2. The summed E-state index contributed by atoms with van der Waals surface area (Å²) in [6.07, 6.45) is 0. The summed E-state index contributed by atoms with van der Waals surface area (Å²) in [6, 6.07) is 8.48. The molecule has 0 atom stereocenters. The van der Waals surface area contributed by atoms with E-state index in [0.29, 0.717) is 26.2 Å². The third-order valence-corrected chi connectivity index (χ3v) is 4.33. The van der Waals surface area contributed by atoms with Gasteiger partial charge in [-0.2, -0.15) is 0 Å². The zero-order valence-corrected chi connectivity index (χ0v) is 13.4. The van der Waals surface area contributed by atoms with E-state index in [2.05, 4.69) is 4.90 Å². The summed E-state index contributed by atoms with van der Waals surface area (Å²) in [4.78, 5) is 16.1. The van der Waals surface area contributed by atoms with Gasteiger partial charge in [0, 0.05) is 31.9 Å². The number of carbonyl (C=O) groups excluding carboxylic acids is 1. The van der Waals surface area contributed by atoms with Gasteiger partial charge < -0.3 is 14.9 Å². The summed E-state index contributed by atoms with van der Waals surface area (Å²) >= 11 is 5.87. The lowest BCUT2D eigenvalue weighted by molar-refractivity contribution is 0.0746. The predicted molar refractivity (Wildman–Crippen MR) is 87.6 cm³/mol. The van der Waals surface area contributed by atoms with Crippen LogP contribution in [0.25, 0.3) is 0 Å². The molecule has 0 aliphatic carbocycles. The quantitative estimate of drug-likeness (QED) is 0.843. The fourth-order valence-corrected chi connectivity index (χ4v) is 2.92. The number of carbonyl (C=O) groups is 1. The van der Waals surface area contributed by atoms with Crippen molar-refractivity contribution in [3.63, 3.8) is 0 Å². The summed E-state index contributed by atoms with van der Waals surface area (Å²) in [6.45, 7) is 2.07. The number of hydrogen-bond acceptors (Lipinski definition) is 3. The van der Waals surface area contributed by atoms with Gasteiger partial charge in [-0.1, -0.05) is 11.6 Å². The van der Waals surface area contributed by atoms with Gasteiger partial charge in [-0.05, 0) is 36.4 Å². The number of rotatable bonds is 2. The standard InChI is InChI=1S/C17H15ClF2N2O2/c18-14-10-16(20)15(19)9-13(14)17(24)22-7-5-21(6-8-22)11-1-3-12(23)4-2-11/h1-4,9-10,23H,5-8H2. The number of piperazine rings is 1. The van der Waals surface area contributed by atoms with Crippen LogP contribution < -0.4 is 4.90 Å². The highest BCUT2D eigenvalue weighted by Gasteiger charge is 2.25. The fourth-order valence-electron chi connectivity index (χ4n) is 2.69. The number of amides is 1. The largest absolute Gasteiger partial charge is 0.508 e. The van der Waals surface area contributed by atoms with Gasteiger partial charge in [0.15, 0.2) is 11.6 Å². The number of halogens is 3. The van der Waals surface area contributed by atoms with E-state index in [1.807, 2.05) is 0 Å². The number of aromatic hydroxyl groups is 1. The van der Waals surface area contributed by atoms with Gasteiger partial charge >= 0.3 is 0 Å². The zero-order chi connectivity index (χ0) is 17.3. The molecule has 2 aromatic carbocycles. The summed E-state index contributed by atoms with van der Waals surface area (Å²) in [7, 11) is 0. The minimum Gasteiger partial charge on any atom is -0.508 e. The molecule has 0 spiro atoms. The molecule has 0 saturated carbocycles. The molecule has 1 heterocycles. The molecule has 0 unspecified atom stereocenters. The smallest absolute Gasteiger partial charge is 0.255 e. The third-order valence-electron chi connectivity index (χ3n) is 4.02. The van der Waals surface area contributed by atoms with Crippen molar-refractivity contribution in [3.05, 3.63) is 58.6 Å². The van der Waals surface area contributed by atoms with Crippen molar-refractivity contribution in [2.24, 2.45) is 0 Å². The summed E-state index contributed by atoms with van der Waals surface area (Å²) < 4.78 is 26.5. The molecule has 0 radical (unpaired) electrons. The summed E-state index contributed by atoms with van der Waals surface area (Å²) in [5, 5.41) is 9.23. The lowest BCUT2D eigenvalue weighted by atomic mass is 10.1. The first-order chi connectivity index (χ1) is 11.5. The van der Waals surface area contributed by atoms with E-state index in [4.69, 9.17) is 11.6 Å². The molecular weight excluding hydrogens is 338 g/mol. The normalized spacial score (nSPS) is 14.8. The van der Waals surface area contributed by atoms with E-state index in [-0.39, 0.29) is 16.3 Å². The topological polar surface area (TPSA) is 43.8 Å². The van der Waals surface area contributed by atoms with Gasteiger partial charge in [-0.15, -0.1) is 0 Å². The first kappa shape index (κ1) is 16.5. The molecule has 0 aromatic heterocycles. The average Bonchev–Trinajstić information content (AvgIpc) is 2.58. The molecule has 1 aliphatic rings. The number of hydrogen-bond donors (Lipinski definition) is 1. The molecule has 1 saturated heterocycles. The van der Waals surface area contributed by atoms with Crippen molar-refractivity contribution in [1.82, 2.24) is 4.90 Å². The van der Waals surface area contributed by atoms with Crippen LogP contribution in [0, 0.1) is 11.6 Å². The maximum Gasteiger partial charge on any atom is 0.255 e. The van der Waals surface area contributed by atoms with Gasteiger partial charge in [0.2, 0.25) is 0 Å². The molecule has 4 nitrogen and oxygen atoms in total. The molecule has 7 heteroatoms. The molecule has 24 heavy (non-hydrogen) atoms. The van der Waals surface area contributed by atoms with E-state index >= 15 is 0 Å². The second-order valence-corrected chi connectivity index (χ2v) is 5.95. The lowest BCUT2D eigenvalue weighted by Gasteiger charge is -2.36. The average molecular weight is 353 g/mol. The lowest BCUT2D eigenvalue weighted by Crippen LogP contribution is -2.48. The van der Waals surface area contributed by atoms with Crippen molar-refractivity contribution in [3.8, 4) is 5.75 Å². The zero-order valence-electron chi connectivity index (χ0n) is 12.7. The monoisotopic (exact) mass is 352 g/mol. The molecule has 2 aromatic rings. The molecule has 1 N–H and O–H groups in total. The van der Waals surface area contributed by atoms with Crippen LogP contribution in [0.4, 0.5) is 14.5 Å². The van der Waals surface area contributed by atoms with Crippen molar-refractivity contribution >= 4 is 23.2 Å². The van der Waals surface area contributed by atoms with E-state index in [1.54, 1.807) is 29.2 Å². The number of benzene rings is 2. The van der Waals surface area contributed by atoms with Crippen LogP contribution in [0.2, 0.25) is 5.02 Å². The van der Waals surface area contributed by atoms with E-state index in [1.165, 1.54) is 0 Å². The molecule has 1 fully saturated rings. The highest BCUT2D eigenvalue weighted by molar-refractivity contribution is 6.33. The van der Waals surface area contributed by atoms with E-state index in [9.17, 15) is 18.7 Å². The maximum absolute atomic E-state index is 13.4. The van der Waals surface area contributed by atoms with Crippen molar-refractivity contribution < 1.29 is 18.7 Å². The predicted octanol–water partition coefficient (Wildman–Crippen LogP) is 3.29. The van der Waals surface area contributed by atoms with Crippen LogP contribution in [0.5, 0.6) is 5.75 Å². The van der Waals surface area contributed by atoms with Gasteiger partial charge in [0.1, 0.15) is 5.75 Å². The van der Waals surface area contributed by atoms with Gasteiger partial charge in [0.05, 0.1) is 10.6 Å². The first-order valence-electron chi connectivity index (χ1n) is 7.43. The number of phenolic OH excluding ortho intramolecular Hbond substituents is 1. The Balaban J connectivity index is 1.69. The van der Waals surface area contributed by atoms with Gasteiger partial charge in [0.25, 0.3) is 5.91 Å². The summed E-state index contributed by atoms with van der Waals surface area (Å²) in [5.74, 6) is -2.39. The minimum atomic E-state index is -1.09. The van der Waals surface area contributed by atoms with Gasteiger partial charge in [-0.3, -0.25) is 4.79 Å². The van der Waals surface area contributed by atoms with E-state index in [0.717, 1.165) is 17.8 Å². The molecular formula is C17H15ClF2N2O2. The molecule has 1 amide bonds. The fraction of sp³-hybridized carbons (Fsp3) is 0.235. The van der Waals surface area contributed by atoms with Crippen molar-refractivity contribution in [1.29, 1.82) is 0 Å². The van der Waals surface area contributed by atoms with Crippen molar-refractivity contribution in [2.75, 3.05) is 31.1 Å². The number of phenols is 1. The highest BCUT2D eigenvalue weighted by atomic mass is 35.5. The number of anilines is 1. The third kappa shape index (κ3) is 3.28. The molecule has 0 bridgehead atoms. The van der Waals surface area contributed by atoms with Crippen LogP contribution in [0.1, 0.15) is 10.4 Å². The Morgan fingerprint density at radius 2 is 1.58 bits per heavy atom. The van der Waals surface area contributed by atoms with Crippen LogP contribution in [0.3, 0.4) is 0 Å². The van der Waals surface area contributed by atoms with Crippen LogP contribution in [0.15, 0.2) is 36.4 Å². The van der Waals surface area contributed by atoms with Crippen LogP contribution >= 0.6 is 11.6 Å². The Morgan fingerprint density at radius 1 is 1.00 bits per heavy atom. The second kappa shape index (κ2) is 6.65. The second-order valence-electron chi connectivity index (χ2n) is 5.54. The Bertz CT molecular complexity index is 760. The minimum absolute atomic E-state index is 0.0337. The molecule has 1 aliphatic heterocycles. The van der Waals surface area contributed by atoms with Crippen LogP contribution in [-0.4, -0.2) is 42.1 Å². The Morgan fingerprint density at radius 3 is 2.21 bits per heavy atom. The van der Waals surface area contributed by atoms with Crippen molar-refractivity contribution in [2.45, 2.75) is 0 Å². The van der Waals surface area contributed by atoms with Gasteiger partial charge in [-0.25, -0.2) is 8.78 Å². The summed E-state index contributed by atoms with van der Waals surface area (Å²) in [5.41, 5.74) is 0.916. The van der Waals surface area contributed by atoms with Crippen LogP contribution in [-0.2, 0) is 0 Å². The Labute approximate surface area is 142 Å². The highest BCUT2D eigenvalue weighted by Crippen LogP contribution is 2.24. The molecule has 126 valence electrons. The Kier molecular flexibility index (Phi) is 4.57. The molecule has 3 rings (SSSR count). The first-order valence-corrected chi connectivity index (χ1v) is 7.81. The Hall–Kier alpha value is -2.34.